The molecule has 5 heteroatoms. The third kappa shape index (κ3) is 2.13. The van der Waals surface area contributed by atoms with E-state index in [1.807, 2.05) is 24.3 Å². The Kier molecular flexibility index (Phi) is 3.41. The molecular weight excluding hydrogens is 459 g/mol. The summed E-state index contributed by atoms with van der Waals surface area (Å²) in [6, 6.07) is 11.2. The van der Waals surface area contributed by atoms with E-state index >= 15 is 0 Å². The third-order valence-electron chi connectivity index (χ3n) is 3.12. The van der Waals surface area contributed by atoms with Gasteiger partial charge in [-0.1, -0.05) is 65.5 Å². The number of alkyl halides is 2. The van der Waals surface area contributed by atoms with Crippen LogP contribution in [0.2, 0.25) is 5.02 Å². The number of fused-ring (bicyclic) bond motifs is 3. The number of carbonyl (C=O) groups excluding carboxylic acids is 1. The number of Topliss-reactive ketones (excluding diaryl/α,β-unsaturated/α-hetero) is 1. The average molecular weight is 465 g/mol. The summed E-state index contributed by atoms with van der Waals surface area (Å²) in [7, 11) is 0. The number of rotatable bonds is 0. The van der Waals surface area contributed by atoms with Crippen molar-refractivity contribution in [1.82, 2.24) is 0 Å². The lowest BCUT2D eigenvalue weighted by molar-refractivity contribution is 0.0981. The van der Waals surface area contributed by atoms with Gasteiger partial charge in [-0.3, -0.25) is 4.79 Å². The second kappa shape index (κ2) is 4.69. The molecule has 0 radical (unpaired) electrons. The summed E-state index contributed by atoms with van der Waals surface area (Å²) in [4.78, 5) is 12.5. The van der Waals surface area contributed by atoms with Gasteiger partial charge in [-0.2, -0.15) is 0 Å². The standard InChI is InChI=1S/C14H6Br3ClO/c15-7-1-4-12-11(5-7)10-6-8(18)2-3-9(10)13(19)14(12,16)17/h1-6H. The second-order valence-electron chi connectivity index (χ2n) is 4.28. The van der Waals surface area contributed by atoms with Gasteiger partial charge >= 0.3 is 0 Å². The van der Waals surface area contributed by atoms with Crippen LogP contribution >= 0.6 is 59.4 Å². The average Bonchev–Trinajstić information content (AvgIpc) is 2.36. The van der Waals surface area contributed by atoms with Crippen LogP contribution in [-0.2, 0) is 3.23 Å². The van der Waals surface area contributed by atoms with Crippen molar-refractivity contribution in [2.24, 2.45) is 0 Å². The van der Waals surface area contributed by atoms with Gasteiger partial charge in [0, 0.05) is 15.1 Å². The fraction of sp³-hybridized carbons (Fsp3) is 0.0714. The predicted octanol–water partition coefficient (Wildman–Crippen LogP) is 5.91. The van der Waals surface area contributed by atoms with Crippen molar-refractivity contribution in [3.63, 3.8) is 0 Å². The molecule has 1 aliphatic carbocycles. The quantitative estimate of drug-likeness (QED) is 0.443. The van der Waals surface area contributed by atoms with Crippen molar-refractivity contribution < 1.29 is 4.79 Å². The SMILES string of the molecule is O=C1c2ccc(Cl)cc2-c2cc(Br)ccc2C1(Br)Br. The maximum atomic E-state index is 12.5. The lowest BCUT2D eigenvalue weighted by Gasteiger charge is -2.29. The molecule has 1 nitrogen and oxygen atoms in total. The molecule has 0 heterocycles. The molecule has 0 bridgehead atoms. The van der Waals surface area contributed by atoms with E-state index in [-0.39, 0.29) is 5.78 Å². The Morgan fingerprint density at radius 3 is 2.42 bits per heavy atom. The first-order chi connectivity index (χ1) is 8.91. The largest absolute Gasteiger partial charge is 0.291 e. The number of hydrogen-bond acceptors (Lipinski definition) is 1. The minimum absolute atomic E-state index is 0.0195. The summed E-state index contributed by atoms with van der Waals surface area (Å²) in [5, 5.41) is 0.620. The molecule has 19 heavy (non-hydrogen) atoms. The van der Waals surface area contributed by atoms with Gasteiger partial charge < -0.3 is 0 Å². The molecule has 0 spiro atoms. The molecule has 0 atom stereocenters. The van der Waals surface area contributed by atoms with Crippen molar-refractivity contribution in [2.45, 2.75) is 3.23 Å². The summed E-state index contributed by atoms with van der Waals surface area (Å²) >= 11 is 16.5. The van der Waals surface area contributed by atoms with E-state index in [1.54, 1.807) is 12.1 Å². The molecule has 0 aromatic heterocycles. The fourth-order valence-corrected chi connectivity index (χ4v) is 3.89. The summed E-state index contributed by atoms with van der Waals surface area (Å²) in [5.74, 6) is -0.0195. The van der Waals surface area contributed by atoms with Gasteiger partial charge in [0.15, 0.2) is 9.02 Å². The monoisotopic (exact) mass is 462 g/mol. The highest BCUT2D eigenvalue weighted by Crippen LogP contribution is 2.51. The maximum Gasteiger partial charge on any atom is 0.195 e. The van der Waals surface area contributed by atoms with Gasteiger partial charge in [0.2, 0.25) is 0 Å². The first-order valence-electron chi connectivity index (χ1n) is 5.44. The van der Waals surface area contributed by atoms with Crippen molar-refractivity contribution in [2.75, 3.05) is 0 Å². The molecule has 2 aromatic rings. The molecule has 3 rings (SSSR count). The van der Waals surface area contributed by atoms with Crippen LogP contribution in [0.15, 0.2) is 40.9 Å². The van der Waals surface area contributed by atoms with Crippen molar-refractivity contribution >= 4 is 65.2 Å². The Labute approximate surface area is 140 Å². The van der Waals surface area contributed by atoms with Crippen LogP contribution in [0.3, 0.4) is 0 Å². The van der Waals surface area contributed by atoms with E-state index in [0.29, 0.717) is 10.6 Å². The number of benzene rings is 2. The topological polar surface area (TPSA) is 17.1 Å². The van der Waals surface area contributed by atoms with E-state index < -0.39 is 3.23 Å². The molecule has 0 unspecified atom stereocenters. The zero-order valence-corrected chi connectivity index (χ0v) is 14.9. The van der Waals surface area contributed by atoms with Gasteiger partial charge in [0.1, 0.15) is 0 Å². The molecule has 0 aliphatic heterocycles. The summed E-state index contributed by atoms with van der Waals surface area (Å²) in [5.41, 5.74) is 3.39. The highest BCUT2D eigenvalue weighted by molar-refractivity contribution is 9.25. The van der Waals surface area contributed by atoms with E-state index in [4.69, 9.17) is 11.6 Å². The fourth-order valence-electron chi connectivity index (χ4n) is 2.24. The summed E-state index contributed by atoms with van der Waals surface area (Å²) in [6.45, 7) is 0. The predicted molar refractivity (Wildman–Crippen MR) is 88.5 cm³/mol. The molecule has 0 saturated heterocycles. The molecule has 0 N–H and O–H groups in total. The molecule has 96 valence electrons. The minimum atomic E-state index is -0.878. The molecular formula is C14H6Br3ClO. The van der Waals surface area contributed by atoms with Crippen LogP contribution in [0.25, 0.3) is 11.1 Å². The van der Waals surface area contributed by atoms with Crippen molar-refractivity contribution in [3.8, 4) is 11.1 Å². The first-order valence-corrected chi connectivity index (χ1v) is 8.19. The van der Waals surface area contributed by atoms with Crippen LogP contribution in [0.4, 0.5) is 0 Å². The van der Waals surface area contributed by atoms with Crippen molar-refractivity contribution in [3.05, 3.63) is 57.0 Å². The number of halogens is 4. The number of carbonyl (C=O) groups is 1. The van der Waals surface area contributed by atoms with Gasteiger partial charge in [-0.05, 0) is 47.0 Å². The zero-order valence-electron chi connectivity index (χ0n) is 9.38. The van der Waals surface area contributed by atoms with Gasteiger partial charge in [-0.15, -0.1) is 0 Å². The lowest BCUT2D eigenvalue weighted by Crippen LogP contribution is -2.27. The molecule has 0 saturated carbocycles. The maximum absolute atomic E-state index is 12.5. The van der Waals surface area contributed by atoms with Crippen LogP contribution < -0.4 is 0 Å². The third-order valence-corrected chi connectivity index (χ3v) is 5.42. The first kappa shape index (κ1) is 13.8. The van der Waals surface area contributed by atoms with E-state index in [9.17, 15) is 4.79 Å². The molecule has 0 fully saturated rings. The van der Waals surface area contributed by atoms with Crippen LogP contribution in [0.5, 0.6) is 0 Å². The van der Waals surface area contributed by atoms with E-state index in [0.717, 1.165) is 21.2 Å². The zero-order chi connectivity index (χ0) is 13.8. The Morgan fingerprint density at radius 2 is 1.68 bits per heavy atom. The van der Waals surface area contributed by atoms with Gasteiger partial charge in [0.25, 0.3) is 0 Å². The smallest absolute Gasteiger partial charge is 0.195 e. The van der Waals surface area contributed by atoms with Crippen molar-refractivity contribution in [1.29, 1.82) is 0 Å². The molecule has 0 amide bonds. The lowest BCUT2D eigenvalue weighted by atomic mass is 9.85. The Balaban J connectivity index is 2.42. The second-order valence-corrected chi connectivity index (χ2v) is 9.08. The van der Waals surface area contributed by atoms with Gasteiger partial charge in [-0.25, -0.2) is 0 Å². The number of hydrogen-bond donors (Lipinski definition) is 0. The minimum Gasteiger partial charge on any atom is -0.291 e. The highest BCUT2D eigenvalue weighted by Gasteiger charge is 2.42. The van der Waals surface area contributed by atoms with E-state index in [1.165, 1.54) is 0 Å². The van der Waals surface area contributed by atoms with Crippen LogP contribution in [0.1, 0.15) is 15.9 Å². The van der Waals surface area contributed by atoms with Crippen LogP contribution in [-0.4, -0.2) is 5.78 Å². The highest BCUT2D eigenvalue weighted by atomic mass is 79.9. The molecule has 1 aliphatic rings. The summed E-state index contributed by atoms with van der Waals surface area (Å²) < 4.78 is 0.0824. The van der Waals surface area contributed by atoms with Crippen LogP contribution in [0, 0.1) is 0 Å². The normalized spacial score (nSPS) is 15.9. The number of ketones is 1. The Morgan fingerprint density at radius 1 is 0.947 bits per heavy atom. The Hall–Kier alpha value is -0.160. The van der Waals surface area contributed by atoms with E-state index in [2.05, 4.69) is 47.8 Å². The van der Waals surface area contributed by atoms with Gasteiger partial charge in [0.05, 0.1) is 0 Å². The summed E-state index contributed by atoms with van der Waals surface area (Å²) in [6.07, 6.45) is 0. The Bertz CT molecular complexity index is 710. The molecule has 2 aromatic carbocycles.